The molecule has 5 heteroatoms. The molecule has 70 valence electrons. The van der Waals surface area contributed by atoms with Gasteiger partial charge in [-0.3, -0.25) is 4.79 Å². The average Bonchev–Trinajstić information content (AvgIpc) is 2.13. The van der Waals surface area contributed by atoms with Gasteiger partial charge in [-0.05, 0) is 28.1 Å². The predicted molar refractivity (Wildman–Crippen MR) is 50.8 cm³/mol. The molecule has 0 fully saturated rings. The number of ketones is 1. The number of benzene rings is 1. The van der Waals surface area contributed by atoms with Crippen LogP contribution < -0.4 is 0 Å². The largest absolute Gasteiger partial charge is 0.505 e. The summed E-state index contributed by atoms with van der Waals surface area (Å²) in [7, 11) is 0. The molecule has 0 bridgehead atoms. The third-order valence-electron chi connectivity index (χ3n) is 1.48. The third kappa shape index (κ3) is 2.00. The highest BCUT2D eigenvalue weighted by atomic mass is 79.9. The predicted octanol–water partition coefficient (Wildman–Crippen LogP) is 2.72. The van der Waals surface area contributed by atoms with E-state index in [0.717, 1.165) is 6.07 Å². The maximum atomic E-state index is 13.0. The highest BCUT2D eigenvalue weighted by Crippen LogP contribution is 2.27. The number of carbonyl (C=O) groups is 1. The van der Waals surface area contributed by atoms with Gasteiger partial charge in [0.15, 0.2) is 17.3 Å². The Hall–Kier alpha value is -0.610. The molecule has 1 aromatic rings. The van der Waals surface area contributed by atoms with Crippen LogP contribution in [0.5, 0.6) is 5.75 Å². The molecule has 0 radical (unpaired) electrons. The second-order valence-corrected chi connectivity index (χ2v) is 3.38. The molecule has 0 unspecified atom stereocenters. The van der Waals surface area contributed by atoms with Crippen LogP contribution in [0.3, 0.4) is 0 Å². The van der Waals surface area contributed by atoms with Crippen LogP contribution in [0.2, 0.25) is 0 Å². The molecule has 0 atom stereocenters. The van der Waals surface area contributed by atoms with Crippen LogP contribution in [-0.2, 0) is 0 Å². The molecule has 0 heterocycles. The monoisotopic (exact) mass is 266 g/mol. The summed E-state index contributed by atoms with van der Waals surface area (Å²) in [5.74, 6) is -1.97. The fourth-order valence-corrected chi connectivity index (χ4v) is 1.53. The van der Waals surface area contributed by atoms with Crippen LogP contribution in [0.15, 0.2) is 16.6 Å². The Labute approximate surface area is 87.5 Å². The minimum atomic E-state index is -0.851. The zero-order valence-corrected chi connectivity index (χ0v) is 8.69. The summed E-state index contributed by atoms with van der Waals surface area (Å²) in [6.07, 6.45) is 0. The first-order valence-electron chi connectivity index (χ1n) is 3.34. The van der Waals surface area contributed by atoms with Gasteiger partial charge in [-0.1, -0.05) is 0 Å². The highest BCUT2D eigenvalue weighted by molar-refractivity contribution is 9.10. The number of phenols is 1. The molecule has 0 aliphatic rings. The van der Waals surface area contributed by atoms with Crippen molar-refractivity contribution in [2.24, 2.45) is 0 Å². The lowest BCUT2D eigenvalue weighted by molar-refractivity contribution is 0.102. The second kappa shape index (κ2) is 4.07. The molecule has 0 saturated heterocycles. The Balaban J connectivity index is 3.26. The van der Waals surface area contributed by atoms with Gasteiger partial charge in [0.25, 0.3) is 0 Å². The molecule has 0 aliphatic heterocycles. The second-order valence-electron chi connectivity index (χ2n) is 2.32. The zero-order valence-electron chi connectivity index (χ0n) is 6.35. The number of hydrogen-bond acceptors (Lipinski definition) is 2. The standard InChI is InChI=1S/C8H5BrClFO2/c9-7-4(6(13)3-10)1-2-5(12)8(7)11/h1-2,12H,3H2. The van der Waals surface area contributed by atoms with Gasteiger partial charge in [-0.25, -0.2) is 4.39 Å². The van der Waals surface area contributed by atoms with Crippen LogP contribution in [0.4, 0.5) is 4.39 Å². The van der Waals surface area contributed by atoms with E-state index in [1.165, 1.54) is 6.07 Å². The maximum absolute atomic E-state index is 13.0. The summed E-state index contributed by atoms with van der Waals surface area (Å²) in [6, 6.07) is 2.42. The fourth-order valence-electron chi connectivity index (χ4n) is 0.827. The van der Waals surface area contributed by atoms with Crippen molar-refractivity contribution < 1.29 is 14.3 Å². The molecule has 13 heavy (non-hydrogen) atoms. The van der Waals surface area contributed by atoms with E-state index >= 15 is 0 Å². The number of rotatable bonds is 2. The van der Waals surface area contributed by atoms with Crippen LogP contribution in [0.25, 0.3) is 0 Å². The van der Waals surface area contributed by atoms with Gasteiger partial charge in [-0.15, -0.1) is 11.6 Å². The summed E-state index contributed by atoms with van der Waals surface area (Å²) < 4.78 is 12.9. The molecule has 1 N–H and O–H groups in total. The van der Waals surface area contributed by atoms with E-state index in [9.17, 15) is 9.18 Å². The number of alkyl halides is 1. The highest BCUT2D eigenvalue weighted by Gasteiger charge is 2.14. The molecular weight excluding hydrogens is 262 g/mol. The van der Waals surface area contributed by atoms with Crippen molar-refractivity contribution in [3.63, 3.8) is 0 Å². The van der Waals surface area contributed by atoms with Gasteiger partial charge in [0.05, 0.1) is 10.4 Å². The van der Waals surface area contributed by atoms with Crippen LogP contribution >= 0.6 is 27.5 Å². The third-order valence-corrected chi connectivity index (χ3v) is 2.50. The van der Waals surface area contributed by atoms with Gasteiger partial charge in [0.2, 0.25) is 0 Å². The summed E-state index contributed by atoms with van der Waals surface area (Å²) in [5.41, 5.74) is 0.130. The zero-order chi connectivity index (χ0) is 10.0. The van der Waals surface area contributed by atoms with Crippen LogP contribution in [0.1, 0.15) is 10.4 Å². The molecule has 2 nitrogen and oxygen atoms in total. The van der Waals surface area contributed by atoms with Crippen LogP contribution in [-0.4, -0.2) is 16.8 Å². The van der Waals surface area contributed by atoms with E-state index in [-0.39, 0.29) is 15.9 Å². The van der Waals surface area contributed by atoms with Crippen molar-refractivity contribution in [1.82, 2.24) is 0 Å². The maximum Gasteiger partial charge on any atom is 0.179 e. The molecular formula is C8H5BrClFO2. The quantitative estimate of drug-likeness (QED) is 0.661. The fraction of sp³-hybridized carbons (Fsp3) is 0.125. The van der Waals surface area contributed by atoms with E-state index < -0.39 is 17.3 Å². The Morgan fingerprint density at radius 2 is 2.23 bits per heavy atom. The van der Waals surface area contributed by atoms with Crippen molar-refractivity contribution in [3.8, 4) is 5.75 Å². The first-order valence-corrected chi connectivity index (χ1v) is 4.66. The molecule has 0 spiro atoms. The van der Waals surface area contributed by atoms with Crippen molar-refractivity contribution in [2.45, 2.75) is 0 Å². The van der Waals surface area contributed by atoms with Gasteiger partial charge >= 0.3 is 0 Å². The Morgan fingerprint density at radius 3 is 2.77 bits per heavy atom. The Bertz CT molecular complexity index is 354. The summed E-state index contributed by atoms with van der Waals surface area (Å²) in [6.45, 7) is 0. The number of carbonyl (C=O) groups excluding carboxylic acids is 1. The SMILES string of the molecule is O=C(CCl)c1ccc(O)c(F)c1Br. The van der Waals surface area contributed by atoms with E-state index in [1.54, 1.807) is 0 Å². The molecule has 0 aliphatic carbocycles. The number of Topliss-reactive ketones (excluding diaryl/α,β-unsaturated/α-hetero) is 1. The summed E-state index contributed by atoms with van der Waals surface area (Å²) in [5, 5.41) is 8.93. The van der Waals surface area contributed by atoms with Gasteiger partial charge in [0, 0.05) is 5.56 Å². The van der Waals surface area contributed by atoms with Gasteiger partial charge in [0.1, 0.15) is 0 Å². The lowest BCUT2D eigenvalue weighted by Gasteiger charge is -2.03. The number of aromatic hydroxyl groups is 1. The minimum Gasteiger partial charge on any atom is -0.505 e. The smallest absolute Gasteiger partial charge is 0.179 e. The van der Waals surface area contributed by atoms with Crippen molar-refractivity contribution in [2.75, 3.05) is 5.88 Å². The van der Waals surface area contributed by atoms with Crippen molar-refractivity contribution >= 4 is 33.3 Å². The van der Waals surface area contributed by atoms with Crippen molar-refractivity contribution in [3.05, 3.63) is 28.0 Å². The average molecular weight is 267 g/mol. The summed E-state index contributed by atoms with van der Waals surface area (Å²) in [4.78, 5) is 11.1. The van der Waals surface area contributed by atoms with E-state index in [1.807, 2.05) is 0 Å². The number of phenolic OH excluding ortho intramolecular Hbond substituents is 1. The first-order chi connectivity index (χ1) is 6.07. The Kier molecular flexibility index (Phi) is 3.27. The van der Waals surface area contributed by atoms with Gasteiger partial charge < -0.3 is 5.11 Å². The minimum absolute atomic E-state index is 0.0573. The van der Waals surface area contributed by atoms with E-state index in [4.69, 9.17) is 16.7 Å². The van der Waals surface area contributed by atoms with Gasteiger partial charge in [-0.2, -0.15) is 0 Å². The van der Waals surface area contributed by atoms with E-state index in [2.05, 4.69) is 15.9 Å². The van der Waals surface area contributed by atoms with Crippen LogP contribution in [0, 0.1) is 5.82 Å². The molecule has 0 amide bonds. The Morgan fingerprint density at radius 1 is 1.62 bits per heavy atom. The molecule has 1 rings (SSSR count). The topological polar surface area (TPSA) is 37.3 Å². The number of hydrogen-bond donors (Lipinski definition) is 1. The lowest BCUT2D eigenvalue weighted by atomic mass is 10.1. The normalized spacial score (nSPS) is 10.1. The first kappa shape index (κ1) is 10.5. The number of halogens is 3. The van der Waals surface area contributed by atoms with Crippen molar-refractivity contribution in [1.29, 1.82) is 0 Å². The summed E-state index contributed by atoms with van der Waals surface area (Å²) >= 11 is 8.15. The molecule has 0 aromatic heterocycles. The molecule has 1 aromatic carbocycles. The van der Waals surface area contributed by atoms with E-state index in [0.29, 0.717) is 0 Å². The lowest BCUT2D eigenvalue weighted by Crippen LogP contribution is -2.02. The molecule has 0 saturated carbocycles.